The zero-order chi connectivity index (χ0) is 41.5. The van der Waals surface area contributed by atoms with Gasteiger partial charge in [-0.15, -0.1) is 0 Å². The van der Waals surface area contributed by atoms with E-state index in [9.17, 15) is 29.2 Å². The molecule has 3 atom stereocenters. The van der Waals surface area contributed by atoms with Gasteiger partial charge in [-0.05, 0) is 69.4 Å². The third kappa shape index (κ3) is 7.98. The molecular formula is C41H45ClFN11O5. The van der Waals surface area contributed by atoms with Crippen LogP contribution in [-0.2, 0) is 9.59 Å². The van der Waals surface area contributed by atoms with Crippen molar-refractivity contribution in [1.82, 2.24) is 30.0 Å². The first-order chi connectivity index (χ1) is 28.4. The average Bonchev–Trinajstić information content (AvgIpc) is 3.46. The molecule has 6 amide bonds. The zero-order valence-corrected chi connectivity index (χ0v) is 33.6. The summed E-state index contributed by atoms with van der Waals surface area (Å²) in [5.41, 5.74) is 2.10. The van der Waals surface area contributed by atoms with E-state index in [0.29, 0.717) is 67.4 Å². The van der Waals surface area contributed by atoms with Gasteiger partial charge in [0.05, 0.1) is 45.5 Å². The number of nitrogens with zero attached hydrogens (tertiary/aromatic N) is 9. The highest BCUT2D eigenvalue weighted by Gasteiger charge is 2.45. The Morgan fingerprint density at radius 1 is 0.915 bits per heavy atom. The van der Waals surface area contributed by atoms with E-state index in [-0.39, 0.29) is 47.8 Å². The number of rotatable bonds is 7. The number of fused-ring (bicyclic) bond motifs is 1. The van der Waals surface area contributed by atoms with Crippen LogP contribution in [0.15, 0.2) is 42.7 Å². The number of piperazine rings is 2. The smallest absolute Gasteiger partial charge is 0.322 e. The minimum atomic E-state index is -1.11. The third-order valence-electron chi connectivity index (χ3n) is 12.2. The summed E-state index contributed by atoms with van der Waals surface area (Å²) in [6.45, 7) is 10.2. The minimum Gasteiger partial charge on any atom is -0.367 e. The van der Waals surface area contributed by atoms with E-state index in [1.54, 1.807) is 24.5 Å². The lowest BCUT2D eigenvalue weighted by molar-refractivity contribution is -0.136. The van der Waals surface area contributed by atoms with Crippen LogP contribution >= 0.6 is 11.6 Å². The molecule has 0 radical (unpaired) electrons. The Bertz CT molecular complexity index is 2220. The van der Waals surface area contributed by atoms with Crippen molar-refractivity contribution in [2.24, 2.45) is 5.92 Å². The molecule has 5 aliphatic heterocycles. The van der Waals surface area contributed by atoms with Gasteiger partial charge in [0, 0.05) is 83.1 Å². The second-order valence-corrected chi connectivity index (χ2v) is 16.4. The summed E-state index contributed by atoms with van der Waals surface area (Å²) in [5, 5.41) is 14.8. The molecule has 3 aromatic rings. The second-order valence-electron chi connectivity index (χ2n) is 16.0. The van der Waals surface area contributed by atoms with Gasteiger partial charge in [0.25, 0.3) is 11.8 Å². The molecule has 4 fully saturated rings. The van der Waals surface area contributed by atoms with Crippen LogP contribution in [0.2, 0.25) is 5.02 Å². The van der Waals surface area contributed by atoms with E-state index in [0.717, 1.165) is 49.1 Å². The first kappa shape index (κ1) is 39.9. The number of amides is 6. The van der Waals surface area contributed by atoms with Crippen LogP contribution in [0.3, 0.4) is 0 Å². The molecule has 4 saturated heterocycles. The Morgan fingerprint density at radius 2 is 1.61 bits per heavy atom. The number of aromatic nitrogens is 2. The lowest BCUT2D eigenvalue weighted by Gasteiger charge is -2.45. The number of halogens is 2. The van der Waals surface area contributed by atoms with Crippen LogP contribution in [0.4, 0.5) is 32.2 Å². The molecule has 18 heteroatoms. The number of imide groups is 2. The van der Waals surface area contributed by atoms with Crippen LogP contribution in [-0.4, -0.2) is 131 Å². The van der Waals surface area contributed by atoms with Gasteiger partial charge in [-0.25, -0.2) is 19.2 Å². The SMILES string of the molecule is C[C@@H]1CN(c2ccc(C#N)c(Cl)c2)[C@@H](C)CN1C(=O)Nc1cnc(N2CCC(CN3CCN(c4cc5c(cc4F)C(=O)N([C@H]4CCC(=O)NC4=O)C5=O)CC3)CC2)nc1. The van der Waals surface area contributed by atoms with Crippen LogP contribution < -0.4 is 25.3 Å². The summed E-state index contributed by atoms with van der Waals surface area (Å²) in [6.07, 6.45) is 5.24. The largest absolute Gasteiger partial charge is 0.367 e. The molecule has 16 nitrogen and oxygen atoms in total. The Labute approximate surface area is 345 Å². The maximum absolute atomic E-state index is 15.4. The Kier molecular flexibility index (Phi) is 11.1. The summed E-state index contributed by atoms with van der Waals surface area (Å²) < 4.78 is 15.4. The van der Waals surface area contributed by atoms with Gasteiger partial charge in [-0.2, -0.15) is 5.26 Å². The van der Waals surface area contributed by atoms with E-state index in [1.807, 2.05) is 22.8 Å². The van der Waals surface area contributed by atoms with Gasteiger partial charge in [0.2, 0.25) is 17.8 Å². The fraction of sp³-hybridized carbons (Fsp3) is 0.463. The number of piperidine rings is 2. The molecule has 308 valence electrons. The highest BCUT2D eigenvalue weighted by Crippen LogP contribution is 2.34. The van der Waals surface area contributed by atoms with E-state index in [1.165, 1.54) is 6.07 Å². The molecule has 0 spiro atoms. The van der Waals surface area contributed by atoms with Gasteiger partial charge in [0.15, 0.2) is 0 Å². The normalized spacial score (nSPS) is 23.0. The molecule has 0 unspecified atom stereocenters. The van der Waals surface area contributed by atoms with Crippen LogP contribution in [0.5, 0.6) is 0 Å². The highest BCUT2D eigenvalue weighted by atomic mass is 35.5. The van der Waals surface area contributed by atoms with Crippen molar-refractivity contribution in [2.75, 3.05) is 78.9 Å². The van der Waals surface area contributed by atoms with Crippen molar-refractivity contribution in [1.29, 1.82) is 5.26 Å². The summed E-state index contributed by atoms with van der Waals surface area (Å²) in [4.78, 5) is 84.2. The molecule has 8 rings (SSSR count). The number of anilines is 4. The number of carbonyl (C=O) groups excluding carboxylic acids is 5. The molecule has 6 heterocycles. The molecule has 2 aromatic carbocycles. The van der Waals surface area contributed by atoms with Crippen molar-refractivity contribution in [3.8, 4) is 6.07 Å². The first-order valence-corrected chi connectivity index (χ1v) is 20.4. The third-order valence-corrected chi connectivity index (χ3v) is 12.5. The lowest BCUT2D eigenvalue weighted by atomic mass is 9.96. The standard InChI is InChI=1S/C41H45ClFN11O5/c1-24-22-53(25(2)21-52(24)29-4-3-27(18-44)32(42)15-29)41(59)47-28-19-45-40(46-20-28)51-9-7-26(8-10-51)23-49-11-13-50(14-12-49)35-17-31-30(16-33(35)43)38(57)54(39(31)58)34-5-6-36(55)48-37(34)56/h3-4,15-17,19-20,24-26,34H,5-14,21-23H2,1-2H3,(H,47,59)(H,48,55,56)/t24-,25+,34-/m0/s1. The Balaban J connectivity index is 0.788. The molecular weight excluding hydrogens is 781 g/mol. The summed E-state index contributed by atoms with van der Waals surface area (Å²) in [5.74, 6) is -2.06. The van der Waals surface area contributed by atoms with Gasteiger partial charge in [-0.3, -0.25) is 34.3 Å². The van der Waals surface area contributed by atoms with Crippen molar-refractivity contribution in [3.63, 3.8) is 0 Å². The van der Waals surface area contributed by atoms with E-state index in [2.05, 4.69) is 48.3 Å². The number of hydrogen-bond donors (Lipinski definition) is 2. The highest BCUT2D eigenvalue weighted by molar-refractivity contribution is 6.32. The average molecular weight is 826 g/mol. The van der Waals surface area contributed by atoms with Crippen molar-refractivity contribution < 1.29 is 28.4 Å². The number of urea groups is 1. The number of nitriles is 1. The van der Waals surface area contributed by atoms with Crippen molar-refractivity contribution in [2.45, 2.75) is 57.7 Å². The maximum atomic E-state index is 15.4. The van der Waals surface area contributed by atoms with Gasteiger partial charge in [0.1, 0.15) is 17.9 Å². The fourth-order valence-electron chi connectivity index (χ4n) is 8.86. The van der Waals surface area contributed by atoms with Gasteiger partial charge < -0.3 is 24.9 Å². The lowest BCUT2D eigenvalue weighted by Crippen LogP contribution is -2.59. The van der Waals surface area contributed by atoms with Crippen LogP contribution in [0.25, 0.3) is 0 Å². The minimum absolute atomic E-state index is 0.0122. The molecule has 5 aliphatic rings. The van der Waals surface area contributed by atoms with Crippen molar-refractivity contribution >= 4 is 64.3 Å². The monoisotopic (exact) mass is 825 g/mol. The predicted octanol–water partition coefficient (Wildman–Crippen LogP) is 3.71. The Hall–Kier alpha value is -5.86. The fourth-order valence-corrected chi connectivity index (χ4v) is 9.08. The van der Waals surface area contributed by atoms with Crippen molar-refractivity contribution in [3.05, 3.63) is 70.3 Å². The van der Waals surface area contributed by atoms with Crippen LogP contribution in [0, 0.1) is 23.1 Å². The molecule has 2 N–H and O–H groups in total. The van der Waals surface area contributed by atoms with E-state index in [4.69, 9.17) is 11.6 Å². The summed E-state index contributed by atoms with van der Waals surface area (Å²) in [7, 11) is 0. The number of benzene rings is 2. The summed E-state index contributed by atoms with van der Waals surface area (Å²) in [6, 6.07) is 8.62. The molecule has 59 heavy (non-hydrogen) atoms. The first-order valence-electron chi connectivity index (χ1n) is 20.0. The molecule has 1 aromatic heterocycles. The second kappa shape index (κ2) is 16.4. The number of carbonyl (C=O) groups is 5. The van der Waals surface area contributed by atoms with E-state index >= 15 is 4.39 Å². The van der Waals surface area contributed by atoms with E-state index < -0.39 is 35.5 Å². The van der Waals surface area contributed by atoms with Gasteiger partial charge in [-0.1, -0.05) is 11.6 Å². The Morgan fingerprint density at radius 3 is 2.27 bits per heavy atom. The topological polar surface area (TPSA) is 178 Å². The number of hydrogen-bond acceptors (Lipinski definition) is 12. The quantitative estimate of drug-likeness (QED) is 0.331. The maximum Gasteiger partial charge on any atom is 0.322 e. The van der Waals surface area contributed by atoms with Crippen LogP contribution in [0.1, 0.15) is 65.8 Å². The summed E-state index contributed by atoms with van der Waals surface area (Å²) >= 11 is 6.29. The van der Waals surface area contributed by atoms with Gasteiger partial charge >= 0.3 is 6.03 Å². The predicted molar refractivity (Wildman–Crippen MR) is 217 cm³/mol. The zero-order valence-electron chi connectivity index (χ0n) is 32.9. The number of nitrogens with one attached hydrogen (secondary N) is 2. The molecule has 0 saturated carbocycles. The molecule has 0 bridgehead atoms. The molecule has 0 aliphatic carbocycles.